The van der Waals surface area contributed by atoms with Crippen LogP contribution in [-0.4, -0.2) is 363 Å². The molecule has 10 heterocycles. The number of hydrogen-bond acceptors (Lipinski definition) is 30. The molecule has 650 valence electrons. The van der Waals surface area contributed by atoms with Crippen molar-refractivity contribution in [2.24, 2.45) is 45.0 Å². The van der Waals surface area contributed by atoms with Gasteiger partial charge in [-0.15, -0.1) is 65.9 Å². The SMILES string of the molecule is C=C1C=C(N)C(Br)=CN1[C@@H]1O[C@H](CCP(=C)(C)C)[C@@H](O)[C@H]1OC.C=C1N=C(N)C(Br)=CN1[C@@H]1O[C@H](CCP(=C)(C)C)[C@@H](O)[C@H]1OC.C=C1N=C(N)C(OC)=CN1[C@@H]1O[C@H](CCP(=C)(C)C)[C@@H](O)[C@H]1O.C=C1N=C(N)C(OC)=CN1[C@@H]1O[C@H](CCP(=C)(C)C)[C@@H](O)[C@H]1OC.C=P(C)(C)CC[C@H]1O[C@@H](c2cn(C)c(=S)nc2C)[C@H](O)[C@@H]1O. The van der Waals surface area contributed by atoms with Gasteiger partial charge < -0.3 is 130 Å². The predicted octanol–water partition coefficient (Wildman–Crippen LogP) is 6.36. The van der Waals surface area contributed by atoms with E-state index >= 15 is 0 Å². The van der Waals surface area contributed by atoms with Gasteiger partial charge in [-0.05, 0) is 187 Å². The number of amidine groups is 3. The van der Waals surface area contributed by atoms with E-state index in [0.29, 0.717) is 68.3 Å². The third kappa shape index (κ3) is 27.4. The molecule has 5 fully saturated rings. The van der Waals surface area contributed by atoms with Crippen LogP contribution < -0.4 is 22.9 Å². The van der Waals surface area contributed by atoms with Crippen LogP contribution in [0.15, 0.2) is 128 Å². The van der Waals surface area contributed by atoms with Gasteiger partial charge in [-0.2, -0.15) is 0 Å². The molecule has 0 aliphatic carbocycles. The number of aromatic nitrogens is 2. The molecule has 20 atom stereocenters. The molecule has 5 saturated heterocycles. The monoisotopic (exact) mass is 1850 g/mol. The number of aliphatic imine (C=N–C) groups is 3. The first-order valence-electron chi connectivity index (χ1n) is 37.4. The smallest absolute Gasteiger partial charge is 0.199 e. The molecule has 15 N–H and O–H groups in total. The summed E-state index contributed by atoms with van der Waals surface area (Å²) < 4.78 is 60.5. The maximum atomic E-state index is 10.6. The van der Waals surface area contributed by atoms with Crippen LogP contribution in [-0.2, 0) is 54.4 Å². The van der Waals surface area contributed by atoms with E-state index in [2.05, 4.69) is 176 Å². The van der Waals surface area contributed by atoms with Crippen molar-refractivity contribution >= 4 is 128 Å². The summed E-state index contributed by atoms with van der Waals surface area (Å²) in [5, 5.41) is 72.9. The molecule has 0 saturated carbocycles. The Bertz CT molecular complexity index is 4120. The summed E-state index contributed by atoms with van der Waals surface area (Å²) in [4.78, 5) is 23.5. The van der Waals surface area contributed by atoms with Gasteiger partial charge in [0.05, 0.1) is 66.1 Å². The van der Waals surface area contributed by atoms with Crippen molar-refractivity contribution in [1.82, 2.24) is 29.2 Å². The Morgan fingerprint density at radius 3 is 1.13 bits per heavy atom. The number of methoxy groups -OCH3 is 5. The maximum absolute atomic E-state index is 10.6. The average Bonchev–Trinajstić information content (AvgIpc) is 1.63. The van der Waals surface area contributed by atoms with Gasteiger partial charge >= 0.3 is 0 Å². The highest BCUT2D eigenvalue weighted by atomic mass is 79.9. The lowest BCUT2D eigenvalue weighted by Crippen LogP contribution is -2.43. The van der Waals surface area contributed by atoms with Gasteiger partial charge in [-0.3, -0.25) is 0 Å². The van der Waals surface area contributed by atoms with Crippen LogP contribution in [0.5, 0.6) is 0 Å². The van der Waals surface area contributed by atoms with Crippen molar-refractivity contribution in [2.75, 3.05) is 133 Å². The number of rotatable bonds is 25. The molecule has 0 bridgehead atoms. The summed E-state index contributed by atoms with van der Waals surface area (Å²) in [6.07, 6.45) is 27.6. The topological polar surface area (TPSA) is 406 Å². The highest BCUT2D eigenvalue weighted by Crippen LogP contribution is 2.46. The van der Waals surface area contributed by atoms with Crippen molar-refractivity contribution in [3.63, 3.8) is 0 Å². The van der Waals surface area contributed by atoms with Crippen molar-refractivity contribution in [3.8, 4) is 0 Å². The Labute approximate surface area is 703 Å². The molecule has 1 aromatic heterocycles. The number of halogens is 2. The lowest BCUT2D eigenvalue weighted by molar-refractivity contribution is -0.0708. The summed E-state index contributed by atoms with van der Waals surface area (Å²) in [7, 11) is 9.50. The lowest BCUT2D eigenvalue weighted by Gasteiger charge is -2.33. The molecule has 0 spiro atoms. The van der Waals surface area contributed by atoms with E-state index in [0.717, 1.165) is 65.8 Å². The Morgan fingerprint density at radius 1 is 0.452 bits per heavy atom. The van der Waals surface area contributed by atoms with Gasteiger partial charge in [-0.25, -0.2) is 20.0 Å². The van der Waals surface area contributed by atoms with Crippen molar-refractivity contribution in [1.29, 1.82) is 0 Å². The van der Waals surface area contributed by atoms with Gasteiger partial charge in [0, 0.05) is 69.6 Å². The molecule has 10 rings (SSSR count). The van der Waals surface area contributed by atoms with E-state index in [1.807, 2.05) is 31.3 Å². The van der Waals surface area contributed by atoms with Crippen LogP contribution >= 0.6 is 78.5 Å². The number of ether oxygens (including phenoxy) is 10. The van der Waals surface area contributed by atoms with E-state index < -0.39 is 133 Å². The van der Waals surface area contributed by atoms with Gasteiger partial charge in [0.25, 0.3) is 0 Å². The molecule has 1 aromatic rings. The van der Waals surface area contributed by atoms with E-state index in [-0.39, 0.29) is 36.1 Å². The summed E-state index contributed by atoms with van der Waals surface area (Å²) in [5.41, 5.74) is 26.0. The molecular weight excluding hydrogens is 1730 g/mol. The van der Waals surface area contributed by atoms with Crippen LogP contribution in [0.3, 0.4) is 0 Å². The first-order valence-corrected chi connectivity index (χ1v) is 54.6. The number of aliphatic hydroxyl groups is 7. The third-order valence-corrected chi connectivity index (χ3v) is 29.0. The highest BCUT2D eigenvalue weighted by Gasteiger charge is 2.52. The van der Waals surface area contributed by atoms with Crippen molar-refractivity contribution in [2.45, 2.75) is 162 Å². The minimum atomic E-state index is -1.23. The molecule has 9 aliphatic rings. The quantitative estimate of drug-likeness (QED) is 0.0374. The van der Waals surface area contributed by atoms with E-state index in [1.54, 1.807) is 60.4 Å². The molecule has 0 radical (unpaired) electrons. The first-order chi connectivity index (χ1) is 53.2. The third-order valence-electron chi connectivity index (χ3n) is 20.0. The van der Waals surface area contributed by atoms with Gasteiger partial charge in [0.15, 0.2) is 52.9 Å². The summed E-state index contributed by atoms with van der Waals surface area (Å²) in [6.45, 7) is 33.1. The van der Waals surface area contributed by atoms with Gasteiger partial charge in [0.1, 0.15) is 90.4 Å². The molecule has 30 nitrogen and oxygen atoms in total. The Hall–Kier alpha value is -4.17. The second kappa shape index (κ2) is 42.1. The fourth-order valence-corrected chi connectivity index (χ4v) is 19.0. The normalized spacial score (nSPS) is 31.2. The summed E-state index contributed by atoms with van der Waals surface area (Å²) in [6, 6.07) is 0. The Morgan fingerprint density at radius 2 is 0.765 bits per heavy atom. The van der Waals surface area contributed by atoms with Crippen molar-refractivity contribution < 1.29 is 83.1 Å². The van der Waals surface area contributed by atoms with E-state index in [4.69, 9.17) is 82.5 Å². The fraction of sp³-hybridized carbons (Fsp3) is 0.610. The van der Waals surface area contributed by atoms with Gasteiger partial charge in [-0.1, -0.05) is 26.3 Å². The zero-order valence-corrected chi connectivity index (χ0v) is 78.4. The highest BCUT2D eigenvalue weighted by molar-refractivity contribution is 9.12. The average molecular weight is 1860 g/mol. The number of hydrogen-bond donors (Lipinski definition) is 11. The minimum absolute atomic E-state index is 0.210. The number of nitrogens with two attached hydrogens (primary N) is 4. The van der Waals surface area contributed by atoms with Crippen LogP contribution in [0, 0.1) is 11.7 Å². The number of aliphatic hydroxyl groups excluding tert-OH is 7. The number of aryl methyl sites for hydroxylation is 2. The predicted molar refractivity (Wildman–Crippen MR) is 488 cm³/mol. The number of nitrogens with zero attached hydrogens (tertiary/aromatic N) is 9. The van der Waals surface area contributed by atoms with E-state index in [1.165, 1.54) is 19.1 Å². The Balaban J connectivity index is 0.000000224. The second-order valence-corrected chi connectivity index (χ2v) is 56.8. The zero-order valence-electron chi connectivity index (χ0n) is 69.9. The fourth-order valence-electron chi connectivity index (χ4n) is 13.4. The molecule has 0 unspecified atom stereocenters. The lowest BCUT2D eigenvalue weighted by atomic mass is 10.0. The standard InChI is InChI=1S/C16H26BrN2O3P.C16H28N3O4P.C15H25BrN3O3P.C15H26N3O4P.C15H25N2O3PS/c1-10-8-12(18)11(17)9-19(10)16-15(21-2)14(20)13(22-16)6-7-23(3,4)5;1-10-18-15(17)12(21-2)9-19(10)16-14(22-3)13(20)11(23-16)7-8-24(4,5)6;1-9-18-14(17)10(16)8-19(9)15-13(21-2)12(20)11(22-15)6-7-23(3,4)5;1-9-17-14(16)11(21-2)8-18(9)15-13(20)12(19)10(22-15)6-7-23(3,4)5;1-9-10(8-17(2)15(22)16-9)14-13(19)12(18)11(20-14)6-7-21(3,4)5/h8-9,13-16,20H,1,3,6-7,18H2,2,4-5H3;9,11,13-14,16,20H,1,4,7-8H2,2-3,5-6H3,(H2,17,18);8,11-13,15,20H,1,3,6-7H2,2,4-5H3,(H2,17,18);8,10,12-13,15,19-20H,1,3,6-7H2,2,4-5H3,(H2,16,17);8,11-14,18-19H,3,6-7H2,1-2,4-5H3/t13-,14-,15-,16-;11-,13-,14-,16-;11-,12-,13-,15-;10-,12-,13-,15-;11-,12-,13-,14+/m11111/s1. The minimum Gasteiger partial charge on any atom is -0.491 e. The molecule has 115 heavy (non-hydrogen) atoms. The first kappa shape index (κ1) is 99.6. The number of allylic oxidation sites excluding steroid dienone is 2. The largest absolute Gasteiger partial charge is 0.491 e. The van der Waals surface area contributed by atoms with E-state index in [9.17, 15) is 35.7 Å². The zero-order chi connectivity index (χ0) is 86.8. The molecule has 0 aromatic carbocycles. The Kier molecular flexibility index (Phi) is 36.5. The van der Waals surface area contributed by atoms with Crippen LogP contribution in [0.2, 0.25) is 0 Å². The van der Waals surface area contributed by atoms with Gasteiger partial charge in [0.2, 0.25) is 0 Å². The van der Waals surface area contributed by atoms with Crippen LogP contribution in [0.4, 0.5) is 0 Å². The molecule has 0 amide bonds. The summed E-state index contributed by atoms with van der Waals surface area (Å²) >= 11 is 11.9. The summed E-state index contributed by atoms with van der Waals surface area (Å²) in [5.74, 6) is 2.80. The molecule has 9 aliphatic heterocycles. The second-order valence-electron chi connectivity index (χ2n) is 33.1. The van der Waals surface area contributed by atoms with Crippen molar-refractivity contribution in [3.05, 3.63) is 129 Å². The maximum Gasteiger partial charge on any atom is 0.199 e. The molecular formula is C77H130Br2N13O17P5S. The molecule has 38 heteroatoms. The van der Waals surface area contributed by atoms with Crippen LogP contribution in [0.25, 0.3) is 0 Å². The van der Waals surface area contributed by atoms with Crippen LogP contribution in [0.1, 0.15) is 49.5 Å².